The fourth-order valence-corrected chi connectivity index (χ4v) is 8.71. The second-order valence-corrected chi connectivity index (χ2v) is 15.3. The molecule has 0 amide bonds. The van der Waals surface area contributed by atoms with E-state index >= 15 is 0 Å². The molecule has 0 aromatic heterocycles. The molecule has 0 heterocycles. The van der Waals surface area contributed by atoms with E-state index in [9.17, 15) is 5.11 Å². The van der Waals surface area contributed by atoms with E-state index in [4.69, 9.17) is 0 Å². The average molecular weight is 741 g/mol. The Labute approximate surface area is 340 Å². The highest BCUT2D eigenvalue weighted by atomic mass is 16.3. The summed E-state index contributed by atoms with van der Waals surface area (Å²) in [5.41, 5.74) is 20.0. The molecule has 0 fully saturated rings. The van der Waals surface area contributed by atoms with Crippen molar-refractivity contribution in [3.05, 3.63) is 249 Å². The molecular formula is C56H52O. The van der Waals surface area contributed by atoms with E-state index < -0.39 is 5.41 Å². The molecule has 8 aromatic rings. The van der Waals surface area contributed by atoms with E-state index in [2.05, 4.69) is 230 Å². The monoisotopic (exact) mass is 740 g/mol. The Bertz CT molecular complexity index is 2450. The molecule has 0 aliphatic carbocycles. The summed E-state index contributed by atoms with van der Waals surface area (Å²) >= 11 is 0. The van der Waals surface area contributed by atoms with Gasteiger partial charge in [0.2, 0.25) is 0 Å². The van der Waals surface area contributed by atoms with E-state index in [0.29, 0.717) is 0 Å². The molecule has 0 bridgehead atoms. The third kappa shape index (κ3) is 7.77. The Morgan fingerprint density at radius 2 is 0.754 bits per heavy atom. The molecule has 1 heteroatoms. The van der Waals surface area contributed by atoms with Gasteiger partial charge in [0.25, 0.3) is 0 Å². The lowest BCUT2D eigenvalue weighted by Crippen LogP contribution is -2.35. The lowest BCUT2D eigenvalue weighted by molar-refractivity contribution is 0.279. The number of hydrogen-bond acceptors (Lipinski definition) is 1. The van der Waals surface area contributed by atoms with Gasteiger partial charge in [0, 0.05) is 0 Å². The van der Waals surface area contributed by atoms with Gasteiger partial charge in [-0.3, -0.25) is 0 Å². The van der Waals surface area contributed by atoms with Crippen molar-refractivity contribution >= 4 is 0 Å². The van der Waals surface area contributed by atoms with Crippen LogP contribution in [0, 0.1) is 41.5 Å². The second-order valence-electron chi connectivity index (χ2n) is 15.3. The van der Waals surface area contributed by atoms with Gasteiger partial charge in [-0.15, -0.1) is 0 Å². The zero-order chi connectivity index (χ0) is 39.9. The number of hydrogen-bond donors (Lipinski definition) is 1. The van der Waals surface area contributed by atoms with Crippen molar-refractivity contribution in [2.75, 3.05) is 0 Å². The van der Waals surface area contributed by atoms with Crippen molar-refractivity contribution in [1.82, 2.24) is 0 Å². The fraction of sp³-hybridized carbons (Fsp3) is 0.143. The van der Waals surface area contributed by atoms with Crippen molar-refractivity contribution in [1.29, 1.82) is 0 Å². The van der Waals surface area contributed by atoms with E-state index in [1.807, 2.05) is 0 Å². The normalized spacial score (nSPS) is 11.1. The van der Waals surface area contributed by atoms with Crippen LogP contribution < -0.4 is 0 Å². The lowest BCUT2D eigenvalue weighted by atomic mass is 9.60. The molecule has 0 atom stereocenters. The first-order valence-electron chi connectivity index (χ1n) is 19.9. The molecule has 0 saturated carbocycles. The smallest absolute Gasteiger partial charge is 0.0712 e. The largest absolute Gasteiger partial charge is 0.392 e. The zero-order valence-corrected chi connectivity index (χ0v) is 34.1. The molecule has 8 rings (SSSR count). The maximum atomic E-state index is 11.1. The Morgan fingerprint density at radius 1 is 0.351 bits per heavy atom. The fourth-order valence-electron chi connectivity index (χ4n) is 8.71. The highest BCUT2D eigenvalue weighted by Crippen LogP contribution is 2.50. The van der Waals surface area contributed by atoms with Crippen LogP contribution in [0.1, 0.15) is 61.2 Å². The number of benzene rings is 8. The van der Waals surface area contributed by atoms with E-state index in [-0.39, 0.29) is 6.61 Å². The summed E-state index contributed by atoms with van der Waals surface area (Å²) < 4.78 is 0. The molecule has 57 heavy (non-hydrogen) atoms. The van der Waals surface area contributed by atoms with Crippen molar-refractivity contribution in [2.45, 2.75) is 53.6 Å². The van der Waals surface area contributed by atoms with Crippen molar-refractivity contribution in [2.24, 2.45) is 0 Å². The summed E-state index contributed by atoms with van der Waals surface area (Å²) in [4.78, 5) is 0. The van der Waals surface area contributed by atoms with Crippen molar-refractivity contribution < 1.29 is 5.11 Å². The summed E-state index contributed by atoms with van der Waals surface area (Å²) in [6, 6.07) is 67.0. The molecule has 1 nitrogen and oxygen atoms in total. The van der Waals surface area contributed by atoms with Crippen molar-refractivity contribution in [3.63, 3.8) is 0 Å². The summed E-state index contributed by atoms with van der Waals surface area (Å²) in [7, 11) is 0. The van der Waals surface area contributed by atoms with Gasteiger partial charge in [-0.1, -0.05) is 182 Å². The van der Waals surface area contributed by atoms with Gasteiger partial charge in [0.15, 0.2) is 0 Å². The Kier molecular flexibility index (Phi) is 11.8. The molecule has 0 aliphatic heterocycles. The van der Waals surface area contributed by atoms with Gasteiger partial charge in [0.05, 0.1) is 12.0 Å². The molecule has 1 N–H and O–H groups in total. The van der Waals surface area contributed by atoms with Gasteiger partial charge < -0.3 is 5.11 Å². The van der Waals surface area contributed by atoms with Crippen LogP contribution in [-0.4, -0.2) is 5.11 Å². The predicted molar refractivity (Wildman–Crippen MR) is 242 cm³/mol. The third-order valence-electron chi connectivity index (χ3n) is 11.5. The molecule has 0 aliphatic rings. The van der Waals surface area contributed by atoms with Gasteiger partial charge >= 0.3 is 0 Å². The highest BCUT2D eigenvalue weighted by Gasteiger charge is 2.43. The van der Waals surface area contributed by atoms with Crippen LogP contribution in [0.2, 0.25) is 0 Å². The number of rotatable bonds is 8. The third-order valence-corrected chi connectivity index (χ3v) is 11.5. The van der Waals surface area contributed by atoms with E-state index in [1.165, 1.54) is 77.9 Å². The molecule has 0 spiro atoms. The van der Waals surface area contributed by atoms with Crippen LogP contribution in [0.5, 0.6) is 0 Å². The van der Waals surface area contributed by atoms with Crippen LogP contribution in [0.25, 0.3) is 33.4 Å². The molecular weight excluding hydrogens is 689 g/mol. The van der Waals surface area contributed by atoms with Crippen LogP contribution in [0.15, 0.2) is 188 Å². The van der Waals surface area contributed by atoms with Crippen LogP contribution in [0.4, 0.5) is 0 Å². The molecule has 8 aromatic carbocycles. The minimum atomic E-state index is -0.602. The molecule has 0 radical (unpaired) electrons. The molecule has 0 saturated heterocycles. The first-order valence-corrected chi connectivity index (χ1v) is 19.9. The minimum Gasteiger partial charge on any atom is -0.392 e. The van der Waals surface area contributed by atoms with Crippen LogP contribution in [0.3, 0.4) is 0 Å². The Balaban J connectivity index is 0.000000218. The average Bonchev–Trinajstić information content (AvgIpc) is 3.24. The first-order chi connectivity index (χ1) is 27.7. The minimum absolute atomic E-state index is 0.0354. The SMILES string of the molecule is Cc1cc(-c2ccccc2)cc(-c2ccccc2)c1.Cc1ccccc1-c1ccc(C(c2ccccc2C)(c2ccccc2C)c2ccccc2C)c(CO)c1C. The Morgan fingerprint density at radius 3 is 1.18 bits per heavy atom. The maximum absolute atomic E-state index is 11.1. The summed E-state index contributed by atoms with van der Waals surface area (Å²) in [6.45, 7) is 13.0. The summed E-state index contributed by atoms with van der Waals surface area (Å²) in [5, 5.41) is 11.1. The Hall–Kier alpha value is -6.28. The second kappa shape index (κ2) is 17.2. The standard InChI is InChI=1S/C37H36O.C19H16/c1-25-14-6-10-18-30(25)31-22-23-36(32(24-38)29(31)5)37(33-19-11-7-15-26(33)2,34-20-12-8-16-27(34)3)35-21-13-9-17-28(35)4;1-15-12-18(16-8-4-2-5-9-16)14-19(13-15)17-10-6-3-7-11-17/h6-23,38H,24H2,1-5H3;2-14H,1H3. The van der Waals surface area contributed by atoms with Gasteiger partial charge in [-0.2, -0.15) is 0 Å². The van der Waals surface area contributed by atoms with Gasteiger partial charge in [-0.25, -0.2) is 0 Å². The van der Waals surface area contributed by atoms with E-state index in [0.717, 1.165) is 16.7 Å². The number of aliphatic hydroxyl groups excluding tert-OH is 1. The summed E-state index contributed by atoms with van der Waals surface area (Å²) in [6.07, 6.45) is 0. The van der Waals surface area contributed by atoms with Crippen LogP contribution >= 0.6 is 0 Å². The summed E-state index contributed by atoms with van der Waals surface area (Å²) in [5.74, 6) is 0. The lowest BCUT2D eigenvalue weighted by Gasteiger charge is -2.41. The first kappa shape index (κ1) is 39.0. The quantitative estimate of drug-likeness (QED) is 0.154. The predicted octanol–water partition coefficient (Wildman–Crippen LogP) is 14.1. The van der Waals surface area contributed by atoms with E-state index in [1.54, 1.807) is 0 Å². The van der Waals surface area contributed by atoms with Crippen LogP contribution in [-0.2, 0) is 12.0 Å². The number of aliphatic hydroxyl groups is 1. The maximum Gasteiger partial charge on any atom is 0.0712 e. The van der Waals surface area contributed by atoms with Gasteiger partial charge in [0.1, 0.15) is 0 Å². The topological polar surface area (TPSA) is 20.2 Å². The molecule has 282 valence electrons. The molecule has 0 unspecified atom stereocenters. The highest BCUT2D eigenvalue weighted by molar-refractivity contribution is 5.76. The zero-order valence-electron chi connectivity index (χ0n) is 34.1. The van der Waals surface area contributed by atoms with Gasteiger partial charge in [-0.05, 0) is 142 Å². The number of aryl methyl sites for hydroxylation is 5. The van der Waals surface area contributed by atoms with Crippen molar-refractivity contribution in [3.8, 4) is 33.4 Å².